The van der Waals surface area contributed by atoms with Crippen molar-refractivity contribution in [1.82, 2.24) is 24.7 Å². The number of allylic oxidation sites excluding steroid dienone is 5. The standard InChI is InChI=1S/C27H25N5O2/c1-3-6-19(7-4-2)20-9-11-21(12-10-20)26-30-27(32(31-26)17-5-8-25(33)34)22-13-14-23-24(18-22)29-16-15-28-23/h3-4,6-7,9-16,18H,1,5,8,17H2,2H3,(H,33,34)/b7-4-,19-6+. The topological polar surface area (TPSA) is 93.8 Å². The van der Waals surface area contributed by atoms with Crippen LogP contribution >= 0.6 is 0 Å². The number of rotatable bonds is 9. The Balaban J connectivity index is 1.71. The van der Waals surface area contributed by atoms with E-state index in [1.54, 1.807) is 23.2 Å². The molecule has 2 heterocycles. The third-order valence-corrected chi connectivity index (χ3v) is 5.28. The second-order valence-electron chi connectivity index (χ2n) is 7.67. The summed E-state index contributed by atoms with van der Waals surface area (Å²) in [5.41, 5.74) is 5.41. The molecule has 0 bridgehead atoms. The molecule has 0 fully saturated rings. The molecule has 0 unspecified atom stereocenters. The molecular formula is C27H25N5O2. The van der Waals surface area contributed by atoms with Crippen LogP contribution in [0.2, 0.25) is 0 Å². The Morgan fingerprint density at radius 2 is 1.79 bits per heavy atom. The monoisotopic (exact) mass is 451 g/mol. The van der Waals surface area contributed by atoms with Gasteiger partial charge >= 0.3 is 5.97 Å². The Labute approximate surface area is 197 Å². The lowest BCUT2D eigenvalue weighted by Crippen LogP contribution is -2.05. The molecule has 2 aromatic carbocycles. The molecule has 4 aromatic rings. The molecule has 0 aliphatic heterocycles. The van der Waals surface area contributed by atoms with Gasteiger partial charge in [-0.15, -0.1) is 0 Å². The molecule has 0 radical (unpaired) electrons. The van der Waals surface area contributed by atoms with E-state index in [0.717, 1.165) is 33.3 Å². The zero-order chi connectivity index (χ0) is 23.9. The summed E-state index contributed by atoms with van der Waals surface area (Å²) < 4.78 is 1.77. The molecule has 0 saturated carbocycles. The maximum absolute atomic E-state index is 11.0. The van der Waals surface area contributed by atoms with Crippen molar-refractivity contribution in [2.24, 2.45) is 0 Å². The molecule has 170 valence electrons. The Hall–Kier alpha value is -4.39. The molecule has 4 rings (SSSR count). The van der Waals surface area contributed by atoms with E-state index in [1.165, 1.54) is 0 Å². The molecular weight excluding hydrogens is 426 g/mol. The summed E-state index contributed by atoms with van der Waals surface area (Å²) in [4.78, 5) is 24.5. The van der Waals surface area contributed by atoms with E-state index < -0.39 is 5.97 Å². The molecule has 0 saturated heterocycles. The fourth-order valence-electron chi connectivity index (χ4n) is 3.68. The van der Waals surface area contributed by atoms with Gasteiger partial charge in [-0.25, -0.2) is 9.67 Å². The van der Waals surface area contributed by atoms with Gasteiger partial charge in [0.15, 0.2) is 11.6 Å². The zero-order valence-electron chi connectivity index (χ0n) is 18.9. The van der Waals surface area contributed by atoms with Crippen molar-refractivity contribution in [3.05, 3.63) is 91.3 Å². The Kier molecular flexibility index (Phi) is 7.03. The molecule has 7 nitrogen and oxygen atoms in total. The molecule has 0 amide bonds. The Bertz CT molecular complexity index is 1380. The first-order chi connectivity index (χ1) is 16.6. The van der Waals surface area contributed by atoms with Crippen molar-refractivity contribution in [2.45, 2.75) is 26.3 Å². The normalized spacial score (nSPS) is 11.9. The molecule has 0 spiro atoms. The van der Waals surface area contributed by atoms with Crippen molar-refractivity contribution in [3.63, 3.8) is 0 Å². The van der Waals surface area contributed by atoms with Gasteiger partial charge < -0.3 is 5.11 Å². The number of nitrogens with zero attached hydrogens (tertiary/aromatic N) is 5. The molecule has 0 aliphatic rings. The van der Waals surface area contributed by atoms with Crippen LogP contribution in [-0.4, -0.2) is 35.8 Å². The van der Waals surface area contributed by atoms with Gasteiger partial charge in [-0.05, 0) is 42.7 Å². The van der Waals surface area contributed by atoms with Gasteiger partial charge in [-0.2, -0.15) is 5.10 Å². The van der Waals surface area contributed by atoms with Crippen molar-refractivity contribution < 1.29 is 9.90 Å². The number of carbonyl (C=O) groups is 1. The van der Waals surface area contributed by atoms with E-state index in [4.69, 9.17) is 15.2 Å². The van der Waals surface area contributed by atoms with Gasteiger partial charge in [-0.3, -0.25) is 14.8 Å². The maximum atomic E-state index is 11.0. The minimum absolute atomic E-state index is 0.0654. The number of fused-ring (bicyclic) bond motifs is 1. The second-order valence-corrected chi connectivity index (χ2v) is 7.67. The largest absolute Gasteiger partial charge is 0.481 e. The van der Waals surface area contributed by atoms with E-state index in [0.29, 0.717) is 24.6 Å². The summed E-state index contributed by atoms with van der Waals surface area (Å²) in [7, 11) is 0. The van der Waals surface area contributed by atoms with Crippen molar-refractivity contribution in [3.8, 4) is 22.8 Å². The highest BCUT2D eigenvalue weighted by Gasteiger charge is 2.15. The van der Waals surface area contributed by atoms with E-state index in [1.807, 2.05) is 67.6 Å². The first kappa shape index (κ1) is 22.8. The van der Waals surface area contributed by atoms with Crippen LogP contribution in [0.4, 0.5) is 0 Å². The first-order valence-electron chi connectivity index (χ1n) is 11.0. The average Bonchev–Trinajstić information content (AvgIpc) is 3.27. The van der Waals surface area contributed by atoms with Crippen molar-refractivity contribution in [1.29, 1.82) is 0 Å². The first-order valence-corrected chi connectivity index (χ1v) is 11.0. The number of carboxylic acid groups (broad SMARTS) is 1. The Morgan fingerprint density at radius 3 is 2.50 bits per heavy atom. The van der Waals surface area contributed by atoms with Crippen LogP contribution in [-0.2, 0) is 11.3 Å². The Morgan fingerprint density at radius 1 is 1.06 bits per heavy atom. The quantitative estimate of drug-likeness (QED) is 0.335. The van der Waals surface area contributed by atoms with Crippen LogP contribution in [0, 0.1) is 0 Å². The molecule has 0 aliphatic carbocycles. The van der Waals surface area contributed by atoms with E-state index in [9.17, 15) is 4.79 Å². The van der Waals surface area contributed by atoms with Crippen molar-refractivity contribution in [2.75, 3.05) is 0 Å². The third-order valence-electron chi connectivity index (χ3n) is 5.28. The summed E-state index contributed by atoms with van der Waals surface area (Å²) >= 11 is 0. The summed E-state index contributed by atoms with van der Waals surface area (Å²) in [6.45, 7) is 6.21. The van der Waals surface area contributed by atoms with Crippen LogP contribution < -0.4 is 0 Å². The molecule has 7 heteroatoms. The van der Waals surface area contributed by atoms with Gasteiger partial charge in [0.25, 0.3) is 0 Å². The molecule has 1 N–H and O–H groups in total. The third kappa shape index (κ3) is 5.15. The van der Waals surface area contributed by atoms with Gasteiger partial charge in [-0.1, -0.05) is 55.1 Å². The lowest BCUT2D eigenvalue weighted by molar-refractivity contribution is -0.137. The summed E-state index contributed by atoms with van der Waals surface area (Å²) in [6, 6.07) is 13.8. The van der Waals surface area contributed by atoms with E-state index in [2.05, 4.69) is 16.5 Å². The maximum Gasteiger partial charge on any atom is 0.303 e. The second kappa shape index (κ2) is 10.5. The number of carboxylic acids is 1. The fourth-order valence-corrected chi connectivity index (χ4v) is 3.68. The highest BCUT2D eigenvalue weighted by Crippen LogP contribution is 2.26. The van der Waals surface area contributed by atoms with Gasteiger partial charge in [0.2, 0.25) is 0 Å². The number of hydrogen-bond donors (Lipinski definition) is 1. The van der Waals surface area contributed by atoms with Crippen LogP contribution in [0.1, 0.15) is 25.3 Å². The van der Waals surface area contributed by atoms with Crippen LogP contribution in [0.15, 0.2) is 85.7 Å². The van der Waals surface area contributed by atoms with Gasteiger partial charge in [0.1, 0.15) is 0 Å². The lowest BCUT2D eigenvalue weighted by atomic mass is 10.0. The van der Waals surface area contributed by atoms with Crippen molar-refractivity contribution >= 4 is 22.6 Å². The number of aromatic nitrogens is 5. The van der Waals surface area contributed by atoms with Crippen LogP contribution in [0.5, 0.6) is 0 Å². The van der Waals surface area contributed by atoms with E-state index in [-0.39, 0.29) is 6.42 Å². The number of hydrogen-bond acceptors (Lipinski definition) is 5. The zero-order valence-corrected chi connectivity index (χ0v) is 18.9. The van der Waals surface area contributed by atoms with E-state index >= 15 is 0 Å². The van der Waals surface area contributed by atoms with Crippen LogP contribution in [0.25, 0.3) is 39.4 Å². The smallest absolute Gasteiger partial charge is 0.303 e. The summed E-state index contributed by atoms with van der Waals surface area (Å²) in [6.07, 6.45) is 11.6. The highest BCUT2D eigenvalue weighted by atomic mass is 16.4. The predicted octanol–water partition coefficient (Wildman–Crippen LogP) is 5.57. The van der Waals surface area contributed by atoms with Gasteiger partial charge in [0, 0.05) is 36.5 Å². The summed E-state index contributed by atoms with van der Waals surface area (Å²) in [5.74, 6) is 0.414. The van der Waals surface area contributed by atoms with Gasteiger partial charge in [0.05, 0.1) is 11.0 Å². The lowest BCUT2D eigenvalue weighted by Gasteiger charge is -2.06. The SMILES string of the molecule is C=C/C=C(\C=C/C)c1ccc(-c2nc(-c3ccc4nccnc4c3)n(CCCC(=O)O)n2)cc1. The number of benzene rings is 2. The minimum atomic E-state index is -0.831. The highest BCUT2D eigenvalue weighted by molar-refractivity contribution is 5.80. The van der Waals surface area contributed by atoms with Crippen LogP contribution in [0.3, 0.4) is 0 Å². The molecule has 0 atom stereocenters. The number of aliphatic carboxylic acids is 1. The molecule has 2 aromatic heterocycles. The predicted molar refractivity (Wildman–Crippen MR) is 134 cm³/mol. The molecule has 34 heavy (non-hydrogen) atoms. The number of aryl methyl sites for hydroxylation is 1. The summed E-state index contributed by atoms with van der Waals surface area (Å²) in [5, 5.41) is 13.8. The average molecular weight is 452 g/mol. The fraction of sp³-hybridized carbons (Fsp3) is 0.148. The minimum Gasteiger partial charge on any atom is -0.481 e.